The third kappa shape index (κ3) is 2.69. The molecule has 0 atom stereocenters. The number of rotatable bonds is 2. The van der Waals surface area contributed by atoms with Gasteiger partial charge in [0.1, 0.15) is 17.6 Å². The van der Waals surface area contributed by atoms with Crippen molar-refractivity contribution < 1.29 is 4.74 Å². The van der Waals surface area contributed by atoms with Gasteiger partial charge in [0.25, 0.3) is 0 Å². The van der Waals surface area contributed by atoms with Crippen LogP contribution in [0.2, 0.25) is 0 Å². The quantitative estimate of drug-likeness (QED) is 0.826. The second-order valence-electron chi connectivity index (χ2n) is 4.69. The summed E-state index contributed by atoms with van der Waals surface area (Å²) in [5.74, 6) is 1.25. The first-order valence-electron chi connectivity index (χ1n) is 6.06. The fourth-order valence-electron chi connectivity index (χ4n) is 1.88. The first kappa shape index (κ1) is 13.0. The Morgan fingerprint density at radius 2 is 1.74 bits per heavy atom. The van der Waals surface area contributed by atoms with E-state index in [0.717, 1.165) is 16.7 Å². The fourth-order valence-corrected chi connectivity index (χ4v) is 1.88. The smallest absolute Gasteiger partial charge is 0.145 e. The molecule has 2 rings (SSSR count). The summed E-state index contributed by atoms with van der Waals surface area (Å²) in [6, 6.07) is 11.4. The Labute approximate surface area is 113 Å². The minimum absolute atomic E-state index is 0.518. The van der Waals surface area contributed by atoms with E-state index < -0.39 is 0 Å². The molecule has 0 aromatic heterocycles. The molecule has 2 N–H and O–H groups in total. The van der Waals surface area contributed by atoms with Gasteiger partial charge in [-0.25, -0.2) is 0 Å². The standard InChI is InChI=1S/C16H16N2O/c1-10-4-5-13(9-17)16(6-10)19-15-8-14(18)11(2)7-12(15)3/h4-8H,18H2,1-3H3. The molecule has 0 aliphatic carbocycles. The third-order valence-electron chi connectivity index (χ3n) is 3.04. The van der Waals surface area contributed by atoms with E-state index in [1.54, 1.807) is 12.1 Å². The lowest BCUT2D eigenvalue weighted by molar-refractivity contribution is 0.477. The molecule has 19 heavy (non-hydrogen) atoms. The second-order valence-corrected chi connectivity index (χ2v) is 4.69. The molecule has 0 bridgehead atoms. The number of hydrogen-bond acceptors (Lipinski definition) is 3. The lowest BCUT2D eigenvalue weighted by Gasteiger charge is -2.12. The van der Waals surface area contributed by atoms with E-state index in [9.17, 15) is 0 Å². The van der Waals surface area contributed by atoms with Crippen molar-refractivity contribution in [3.05, 3.63) is 52.6 Å². The van der Waals surface area contributed by atoms with Crippen LogP contribution in [-0.4, -0.2) is 0 Å². The van der Waals surface area contributed by atoms with Gasteiger partial charge in [-0.2, -0.15) is 5.26 Å². The van der Waals surface area contributed by atoms with Crippen LogP contribution in [0.1, 0.15) is 22.3 Å². The number of nitrogen functional groups attached to an aromatic ring is 1. The summed E-state index contributed by atoms with van der Waals surface area (Å²) in [4.78, 5) is 0. The third-order valence-corrected chi connectivity index (χ3v) is 3.04. The molecule has 0 saturated heterocycles. The van der Waals surface area contributed by atoms with Gasteiger partial charge in [-0.15, -0.1) is 0 Å². The van der Waals surface area contributed by atoms with Gasteiger partial charge in [-0.05, 0) is 49.6 Å². The lowest BCUT2D eigenvalue weighted by atomic mass is 10.1. The van der Waals surface area contributed by atoms with E-state index in [-0.39, 0.29) is 0 Å². The largest absolute Gasteiger partial charge is 0.456 e. The Balaban J connectivity index is 2.45. The zero-order chi connectivity index (χ0) is 14.0. The van der Waals surface area contributed by atoms with Crippen molar-refractivity contribution in [2.24, 2.45) is 0 Å². The highest BCUT2D eigenvalue weighted by Crippen LogP contribution is 2.31. The summed E-state index contributed by atoms with van der Waals surface area (Å²) in [5.41, 5.74) is 10.2. The Hall–Kier alpha value is -2.47. The summed E-state index contributed by atoms with van der Waals surface area (Å²) in [6.45, 7) is 5.88. The van der Waals surface area contributed by atoms with Crippen molar-refractivity contribution in [3.8, 4) is 17.6 Å². The van der Waals surface area contributed by atoms with Crippen molar-refractivity contribution in [1.29, 1.82) is 5.26 Å². The molecule has 0 unspecified atom stereocenters. The Morgan fingerprint density at radius 1 is 1.00 bits per heavy atom. The Kier molecular flexibility index (Phi) is 3.43. The monoisotopic (exact) mass is 252 g/mol. The summed E-state index contributed by atoms with van der Waals surface area (Å²) in [6.07, 6.45) is 0. The van der Waals surface area contributed by atoms with Crippen LogP contribution in [0.25, 0.3) is 0 Å². The van der Waals surface area contributed by atoms with Gasteiger partial charge in [-0.3, -0.25) is 0 Å². The van der Waals surface area contributed by atoms with Crippen molar-refractivity contribution in [2.75, 3.05) is 5.73 Å². The molecule has 96 valence electrons. The summed E-state index contributed by atoms with van der Waals surface area (Å²) >= 11 is 0. The van der Waals surface area contributed by atoms with E-state index in [1.165, 1.54) is 0 Å². The van der Waals surface area contributed by atoms with Crippen LogP contribution in [-0.2, 0) is 0 Å². The van der Waals surface area contributed by atoms with Crippen LogP contribution >= 0.6 is 0 Å². The molecule has 0 spiro atoms. The van der Waals surface area contributed by atoms with Crippen molar-refractivity contribution in [3.63, 3.8) is 0 Å². The first-order chi connectivity index (χ1) is 9.01. The van der Waals surface area contributed by atoms with Crippen LogP contribution in [0.15, 0.2) is 30.3 Å². The van der Waals surface area contributed by atoms with E-state index >= 15 is 0 Å². The molecule has 0 saturated carbocycles. The summed E-state index contributed by atoms with van der Waals surface area (Å²) < 4.78 is 5.85. The number of hydrogen-bond donors (Lipinski definition) is 1. The number of ether oxygens (including phenoxy) is 1. The molecular formula is C16H16N2O. The van der Waals surface area contributed by atoms with Crippen molar-refractivity contribution in [1.82, 2.24) is 0 Å². The molecule has 0 amide bonds. The van der Waals surface area contributed by atoms with Gasteiger partial charge in [0, 0.05) is 11.8 Å². The minimum atomic E-state index is 0.518. The van der Waals surface area contributed by atoms with Gasteiger partial charge >= 0.3 is 0 Å². The highest BCUT2D eigenvalue weighted by molar-refractivity contribution is 5.56. The molecule has 0 aliphatic rings. The van der Waals surface area contributed by atoms with E-state index in [4.69, 9.17) is 15.7 Å². The van der Waals surface area contributed by atoms with E-state index in [2.05, 4.69) is 6.07 Å². The minimum Gasteiger partial charge on any atom is -0.456 e. The van der Waals surface area contributed by atoms with Crippen LogP contribution in [0, 0.1) is 32.1 Å². The van der Waals surface area contributed by atoms with Gasteiger partial charge in [0.2, 0.25) is 0 Å². The number of anilines is 1. The van der Waals surface area contributed by atoms with Gasteiger partial charge in [0.05, 0.1) is 5.56 Å². The highest BCUT2D eigenvalue weighted by Gasteiger charge is 2.08. The maximum Gasteiger partial charge on any atom is 0.145 e. The van der Waals surface area contributed by atoms with Crippen LogP contribution in [0.3, 0.4) is 0 Å². The molecule has 0 heterocycles. The number of nitriles is 1. The topological polar surface area (TPSA) is 59.0 Å². The van der Waals surface area contributed by atoms with Crippen molar-refractivity contribution in [2.45, 2.75) is 20.8 Å². The number of benzene rings is 2. The van der Waals surface area contributed by atoms with Crippen molar-refractivity contribution >= 4 is 5.69 Å². The molecule has 0 radical (unpaired) electrons. The lowest BCUT2D eigenvalue weighted by Crippen LogP contribution is -1.95. The molecule has 3 nitrogen and oxygen atoms in total. The van der Waals surface area contributed by atoms with Crippen LogP contribution < -0.4 is 10.5 Å². The van der Waals surface area contributed by atoms with Gasteiger partial charge in [-0.1, -0.05) is 12.1 Å². The number of nitrogens with zero attached hydrogens (tertiary/aromatic N) is 1. The molecule has 2 aromatic rings. The van der Waals surface area contributed by atoms with Crippen LogP contribution in [0.4, 0.5) is 5.69 Å². The fraction of sp³-hybridized carbons (Fsp3) is 0.188. The highest BCUT2D eigenvalue weighted by atomic mass is 16.5. The number of nitrogens with two attached hydrogens (primary N) is 1. The number of aryl methyl sites for hydroxylation is 3. The summed E-state index contributed by atoms with van der Waals surface area (Å²) in [7, 11) is 0. The Bertz CT molecular complexity index is 669. The molecule has 3 heteroatoms. The molecule has 0 aliphatic heterocycles. The predicted molar refractivity (Wildman–Crippen MR) is 76.3 cm³/mol. The maximum absolute atomic E-state index is 9.10. The van der Waals surface area contributed by atoms with E-state index in [1.807, 2.05) is 39.0 Å². The second kappa shape index (κ2) is 5.03. The average Bonchev–Trinajstić information content (AvgIpc) is 2.36. The Morgan fingerprint density at radius 3 is 2.42 bits per heavy atom. The maximum atomic E-state index is 9.10. The van der Waals surface area contributed by atoms with E-state index in [0.29, 0.717) is 22.7 Å². The van der Waals surface area contributed by atoms with Gasteiger partial charge < -0.3 is 10.5 Å². The SMILES string of the molecule is Cc1ccc(C#N)c(Oc2cc(N)c(C)cc2C)c1. The normalized spacial score (nSPS) is 10.0. The van der Waals surface area contributed by atoms with Gasteiger partial charge in [0.15, 0.2) is 0 Å². The molecule has 2 aromatic carbocycles. The molecular weight excluding hydrogens is 236 g/mol. The zero-order valence-corrected chi connectivity index (χ0v) is 11.3. The first-order valence-corrected chi connectivity index (χ1v) is 6.06. The predicted octanol–water partition coefficient (Wildman–Crippen LogP) is 3.86. The molecule has 0 fully saturated rings. The average molecular weight is 252 g/mol. The zero-order valence-electron chi connectivity index (χ0n) is 11.3. The van der Waals surface area contributed by atoms with Crippen LogP contribution in [0.5, 0.6) is 11.5 Å². The summed E-state index contributed by atoms with van der Waals surface area (Å²) in [5, 5.41) is 9.10.